The van der Waals surface area contributed by atoms with Crippen molar-refractivity contribution in [2.75, 3.05) is 18.0 Å². The van der Waals surface area contributed by atoms with E-state index in [1.54, 1.807) is 11.7 Å². The maximum Gasteiger partial charge on any atom is 0.288 e. The van der Waals surface area contributed by atoms with Gasteiger partial charge in [0.05, 0.1) is 28.6 Å². The third-order valence-corrected chi connectivity index (χ3v) is 5.94. The Balaban J connectivity index is 1.66. The van der Waals surface area contributed by atoms with Crippen LogP contribution in [0.1, 0.15) is 49.0 Å². The van der Waals surface area contributed by atoms with Crippen molar-refractivity contribution in [2.24, 2.45) is 0 Å². The highest BCUT2D eigenvalue weighted by Crippen LogP contribution is 2.26. The van der Waals surface area contributed by atoms with Gasteiger partial charge in [-0.1, -0.05) is 11.6 Å². The fraction of sp³-hybridized carbons (Fsp3) is 0.556. The molecular weight excluding hydrogens is 386 g/mol. The summed E-state index contributed by atoms with van der Waals surface area (Å²) in [4.78, 5) is 31.7. The van der Waals surface area contributed by atoms with Gasteiger partial charge in [-0.25, -0.2) is 9.67 Å². The van der Waals surface area contributed by atoms with E-state index in [4.69, 9.17) is 11.6 Å². The fourth-order valence-corrected chi connectivity index (χ4v) is 4.11. The number of thiazole rings is 1. The second-order valence-electron chi connectivity index (χ2n) is 7.73. The Morgan fingerprint density at radius 2 is 2.00 bits per heavy atom. The lowest BCUT2D eigenvalue weighted by Gasteiger charge is -2.34. The van der Waals surface area contributed by atoms with Crippen LogP contribution in [0.3, 0.4) is 0 Å². The Hall–Kier alpha value is -1.93. The van der Waals surface area contributed by atoms with Crippen LogP contribution >= 0.6 is 22.9 Å². The van der Waals surface area contributed by atoms with Gasteiger partial charge < -0.3 is 10.2 Å². The van der Waals surface area contributed by atoms with Gasteiger partial charge in [-0.3, -0.25) is 9.59 Å². The second-order valence-corrected chi connectivity index (χ2v) is 8.97. The summed E-state index contributed by atoms with van der Waals surface area (Å²) >= 11 is 7.71. The SMILES string of the molecule is Cc1ncsc1C(=O)NC1CCN(c2cnn(C(C)(C)C)c(=O)c2Cl)CC1. The lowest BCUT2D eigenvalue weighted by molar-refractivity contribution is 0.0934. The minimum atomic E-state index is -0.425. The van der Waals surface area contributed by atoms with Crippen LogP contribution in [0.5, 0.6) is 0 Å². The Morgan fingerprint density at radius 1 is 1.33 bits per heavy atom. The highest BCUT2D eigenvalue weighted by molar-refractivity contribution is 7.11. The van der Waals surface area contributed by atoms with Gasteiger partial charge in [-0.05, 0) is 40.5 Å². The van der Waals surface area contributed by atoms with Crippen molar-refractivity contribution in [1.82, 2.24) is 20.1 Å². The number of halogens is 1. The molecular formula is C18H24ClN5O2S. The van der Waals surface area contributed by atoms with E-state index in [2.05, 4.69) is 20.3 Å². The Morgan fingerprint density at radius 3 is 2.56 bits per heavy atom. The molecule has 2 aromatic rings. The Bertz CT molecular complexity index is 894. The van der Waals surface area contributed by atoms with Gasteiger partial charge in [0.25, 0.3) is 11.5 Å². The minimum absolute atomic E-state index is 0.0686. The molecule has 7 nitrogen and oxygen atoms in total. The first-order valence-corrected chi connectivity index (χ1v) is 10.2. The quantitative estimate of drug-likeness (QED) is 0.843. The maximum absolute atomic E-state index is 12.5. The summed E-state index contributed by atoms with van der Waals surface area (Å²) in [6.07, 6.45) is 3.22. The largest absolute Gasteiger partial charge is 0.369 e. The summed E-state index contributed by atoms with van der Waals surface area (Å²) in [5, 5.41) is 7.58. The first-order chi connectivity index (χ1) is 12.7. The van der Waals surface area contributed by atoms with Crippen molar-refractivity contribution >= 4 is 34.5 Å². The number of aromatic nitrogens is 3. The predicted octanol–water partition coefficient (Wildman–Crippen LogP) is 2.82. The van der Waals surface area contributed by atoms with E-state index in [0.29, 0.717) is 23.7 Å². The number of anilines is 1. The van der Waals surface area contributed by atoms with Crippen molar-refractivity contribution in [3.8, 4) is 0 Å². The lowest BCUT2D eigenvalue weighted by atomic mass is 10.0. The number of hydrogen-bond acceptors (Lipinski definition) is 6. The molecule has 1 amide bonds. The second kappa shape index (κ2) is 7.59. The van der Waals surface area contributed by atoms with Crippen LogP contribution in [0.15, 0.2) is 16.5 Å². The highest BCUT2D eigenvalue weighted by Gasteiger charge is 2.26. The molecule has 1 aliphatic heterocycles. The number of piperidine rings is 1. The zero-order valence-electron chi connectivity index (χ0n) is 16.0. The third-order valence-electron chi connectivity index (χ3n) is 4.66. The predicted molar refractivity (Wildman–Crippen MR) is 108 cm³/mol. The smallest absolute Gasteiger partial charge is 0.288 e. The van der Waals surface area contributed by atoms with Gasteiger partial charge in [0.15, 0.2) is 0 Å². The molecule has 1 N–H and O–H groups in total. The van der Waals surface area contributed by atoms with Crippen LogP contribution in [0, 0.1) is 6.92 Å². The number of carbonyl (C=O) groups excluding carboxylic acids is 1. The van der Waals surface area contributed by atoms with Crippen molar-refractivity contribution in [3.05, 3.63) is 37.7 Å². The number of amides is 1. The molecule has 0 aliphatic carbocycles. The maximum atomic E-state index is 12.5. The van der Waals surface area contributed by atoms with Crippen LogP contribution in [0.25, 0.3) is 0 Å². The van der Waals surface area contributed by atoms with Gasteiger partial charge in [0.2, 0.25) is 0 Å². The van der Waals surface area contributed by atoms with Gasteiger partial charge in [0.1, 0.15) is 9.90 Å². The molecule has 1 saturated heterocycles. The summed E-state index contributed by atoms with van der Waals surface area (Å²) in [5.74, 6) is -0.0686. The van der Waals surface area contributed by atoms with Crippen LogP contribution in [0.2, 0.25) is 5.02 Å². The molecule has 0 atom stereocenters. The fourth-order valence-electron chi connectivity index (χ4n) is 3.16. The van der Waals surface area contributed by atoms with E-state index < -0.39 is 5.54 Å². The van der Waals surface area contributed by atoms with Crippen molar-refractivity contribution in [2.45, 2.75) is 52.1 Å². The van der Waals surface area contributed by atoms with E-state index in [9.17, 15) is 9.59 Å². The van der Waals surface area contributed by atoms with E-state index >= 15 is 0 Å². The van der Waals surface area contributed by atoms with Crippen LogP contribution in [-0.4, -0.2) is 39.8 Å². The standard InChI is InChI=1S/C18H24ClN5O2S/c1-11-15(27-10-20-11)16(25)22-12-5-7-23(8-6-12)13-9-21-24(18(2,3)4)17(26)14(13)19/h9-10,12H,5-8H2,1-4H3,(H,22,25). The molecule has 3 heterocycles. The van der Waals surface area contributed by atoms with E-state index in [1.165, 1.54) is 16.0 Å². The average molecular weight is 410 g/mol. The molecule has 3 rings (SSSR count). The van der Waals surface area contributed by atoms with Crippen LogP contribution in [0.4, 0.5) is 5.69 Å². The number of carbonyl (C=O) groups is 1. The molecule has 27 heavy (non-hydrogen) atoms. The van der Waals surface area contributed by atoms with Gasteiger partial charge in [-0.2, -0.15) is 5.10 Å². The normalized spacial score (nSPS) is 15.8. The van der Waals surface area contributed by atoms with Crippen LogP contribution < -0.4 is 15.8 Å². The molecule has 0 unspecified atom stereocenters. The average Bonchev–Trinajstić information content (AvgIpc) is 3.03. The summed E-state index contributed by atoms with van der Waals surface area (Å²) in [7, 11) is 0. The Kier molecular flexibility index (Phi) is 5.58. The molecule has 1 fully saturated rings. The zero-order chi connectivity index (χ0) is 19.8. The number of nitrogens with zero attached hydrogens (tertiary/aromatic N) is 4. The summed E-state index contributed by atoms with van der Waals surface area (Å²) in [6, 6.07) is 0.0944. The minimum Gasteiger partial charge on any atom is -0.369 e. The molecule has 2 aromatic heterocycles. The van der Waals surface area contributed by atoms with E-state index in [0.717, 1.165) is 18.5 Å². The molecule has 0 radical (unpaired) electrons. The number of hydrogen-bond donors (Lipinski definition) is 1. The summed E-state index contributed by atoms with van der Waals surface area (Å²) in [6.45, 7) is 8.98. The number of nitrogens with one attached hydrogen (secondary N) is 1. The molecule has 0 spiro atoms. The van der Waals surface area contributed by atoms with Crippen LogP contribution in [-0.2, 0) is 5.54 Å². The van der Waals surface area contributed by atoms with Gasteiger partial charge in [0, 0.05) is 19.1 Å². The molecule has 0 aromatic carbocycles. The molecule has 146 valence electrons. The molecule has 9 heteroatoms. The first-order valence-electron chi connectivity index (χ1n) is 8.92. The zero-order valence-corrected chi connectivity index (χ0v) is 17.5. The lowest BCUT2D eigenvalue weighted by Crippen LogP contribution is -2.45. The molecule has 0 bridgehead atoms. The van der Waals surface area contributed by atoms with E-state index in [1.807, 2.05) is 27.7 Å². The van der Waals surface area contributed by atoms with Crippen molar-refractivity contribution < 1.29 is 4.79 Å². The third kappa shape index (κ3) is 4.16. The number of rotatable bonds is 3. The van der Waals surface area contributed by atoms with Crippen molar-refractivity contribution in [1.29, 1.82) is 0 Å². The Labute approximate surface area is 167 Å². The van der Waals surface area contributed by atoms with Crippen molar-refractivity contribution in [3.63, 3.8) is 0 Å². The highest BCUT2D eigenvalue weighted by atomic mass is 35.5. The number of aryl methyl sites for hydroxylation is 1. The molecule has 0 saturated carbocycles. The summed E-state index contributed by atoms with van der Waals surface area (Å²) < 4.78 is 1.41. The van der Waals surface area contributed by atoms with E-state index in [-0.39, 0.29) is 22.5 Å². The summed E-state index contributed by atoms with van der Waals surface area (Å²) in [5.41, 5.74) is 2.39. The van der Waals surface area contributed by atoms with Gasteiger partial charge >= 0.3 is 0 Å². The monoisotopic (exact) mass is 409 g/mol. The first kappa shape index (κ1) is 19.8. The molecule has 1 aliphatic rings. The topological polar surface area (TPSA) is 80.1 Å². The van der Waals surface area contributed by atoms with Gasteiger partial charge in [-0.15, -0.1) is 11.3 Å².